The smallest absolute Gasteiger partial charge is 0.312 e. The second kappa shape index (κ2) is 6.73. The van der Waals surface area contributed by atoms with Crippen molar-refractivity contribution < 1.29 is 19.4 Å². The van der Waals surface area contributed by atoms with Gasteiger partial charge in [0.05, 0.1) is 5.41 Å². The van der Waals surface area contributed by atoms with Gasteiger partial charge in [0.25, 0.3) is 5.91 Å². The number of phenols is 1. The van der Waals surface area contributed by atoms with Gasteiger partial charge in [-0.15, -0.1) is 0 Å². The summed E-state index contributed by atoms with van der Waals surface area (Å²) in [5, 5.41) is 10.5. The molecule has 0 radical (unpaired) electrons. The Morgan fingerprint density at radius 1 is 1.20 bits per heavy atom. The number of amides is 1. The van der Waals surface area contributed by atoms with Gasteiger partial charge >= 0.3 is 5.97 Å². The molecule has 30 heavy (non-hydrogen) atoms. The van der Waals surface area contributed by atoms with Crippen LogP contribution in [0.25, 0.3) is 0 Å². The van der Waals surface area contributed by atoms with E-state index in [-0.39, 0.29) is 34.7 Å². The van der Waals surface area contributed by atoms with E-state index in [1.165, 1.54) is 5.56 Å². The third kappa shape index (κ3) is 2.73. The van der Waals surface area contributed by atoms with Gasteiger partial charge in [0.2, 0.25) is 0 Å². The number of esters is 1. The van der Waals surface area contributed by atoms with Crippen LogP contribution >= 0.6 is 0 Å². The van der Waals surface area contributed by atoms with Gasteiger partial charge in [-0.05, 0) is 61.1 Å². The lowest BCUT2D eigenvalue weighted by molar-refractivity contribution is -0.183. The Morgan fingerprint density at radius 3 is 2.53 bits per heavy atom. The number of cyclic esters (lactones) is 1. The zero-order valence-corrected chi connectivity index (χ0v) is 19.1. The molecule has 1 aromatic carbocycles. The van der Waals surface area contributed by atoms with Crippen molar-refractivity contribution in [1.29, 1.82) is 0 Å². The SMILES string of the molecule is CC(C)[C@@]1(C)CC[C@H](C(=O)N2CC[C@@]3(C)c4cccc(O)c4C[C@@H]2C3(C)C)OC1=O. The number of aromatic hydroxyl groups is 1. The minimum atomic E-state index is -0.699. The Kier molecular flexibility index (Phi) is 4.76. The lowest BCUT2D eigenvalue weighted by atomic mass is 9.51. The first-order valence-corrected chi connectivity index (χ1v) is 11.3. The fourth-order valence-corrected chi connectivity index (χ4v) is 5.93. The summed E-state index contributed by atoms with van der Waals surface area (Å²) in [5.74, 6) is 0.154. The molecule has 0 saturated carbocycles. The molecular weight excluding hydrogens is 378 g/mol. The Morgan fingerprint density at radius 2 is 1.90 bits per heavy atom. The number of hydrogen-bond acceptors (Lipinski definition) is 4. The molecule has 2 saturated heterocycles. The summed E-state index contributed by atoms with van der Waals surface area (Å²) >= 11 is 0. The lowest BCUT2D eigenvalue weighted by Crippen LogP contribution is -2.66. The average molecular weight is 414 g/mol. The lowest BCUT2D eigenvalue weighted by Gasteiger charge is -2.61. The van der Waals surface area contributed by atoms with Crippen molar-refractivity contribution in [3.8, 4) is 5.75 Å². The number of carbonyl (C=O) groups excluding carboxylic acids is 2. The standard InChI is InChI=1S/C25H35NO4/c1-15(2)24(5)11-10-19(30-22(24)29)21(28)26-13-12-25(6)17-8-7-9-18(27)16(17)14-20(26)23(25,3)4/h7-9,15,19-20,27H,10-14H2,1-6H3/t19-,20-,24-,25+/m1/s1. The summed E-state index contributed by atoms with van der Waals surface area (Å²) in [7, 11) is 0. The van der Waals surface area contributed by atoms with Crippen molar-refractivity contribution in [2.45, 2.75) is 84.8 Å². The molecule has 1 amide bonds. The van der Waals surface area contributed by atoms with E-state index in [0.29, 0.717) is 31.6 Å². The van der Waals surface area contributed by atoms with Gasteiger partial charge in [-0.2, -0.15) is 0 Å². The number of hydrogen-bond donors (Lipinski definition) is 1. The molecule has 4 rings (SSSR count). The van der Waals surface area contributed by atoms with Gasteiger partial charge in [0, 0.05) is 18.0 Å². The van der Waals surface area contributed by atoms with E-state index < -0.39 is 11.5 Å². The van der Waals surface area contributed by atoms with Crippen molar-refractivity contribution in [3.05, 3.63) is 29.3 Å². The summed E-state index contributed by atoms with van der Waals surface area (Å²) in [6.45, 7) is 13.4. The number of fused-ring (bicyclic) bond motifs is 4. The first kappa shape index (κ1) is 21.2. The highest BCUT2D eigenvalue weighted by Crippen LogP contribution is 2.57. The van der Waals surface area contributed by atoms with Crippen LogP contribution in [0.15, 0.2) is 18.2 Å². The average Bonchev–Trinajstić information content (AvgIpc) is 2.67. The number of ether oxygens (including phenoxy) is 1. The molecule has 4 atom stereocenters. The molecule has 3 aliphatic rings. The number of rotatable bonds is 2. The van der Waals surface area contributed by atoms with E-state index in [9.17, 15) is 14.7 Å². The monoisotopic (exact) mass is 413 g/mol. The van der Waals surface area contributed by atoms with Gasteiger partial charge in [0.1, 0.15) is 5.75 Å². The molecule has 5 nitrogen and oxygen atoms in total. The molecule has 0 aromatic heterocycles. The van der Waals surface area contributed by atoms with Crippen molar-refractivity contribution >= 4 is 11.9 Å². The molecule has 2 aliphatic heterocycles. The number of likely N-dealkylation sites (tertiary alicyclic amines) is 1. The van der Waals surface area contributed by atoms with Gasteiger partial charge in [-0.25, -0.2) is 0 Å². The Bertz CT molecular complexity index is 891. The van der Waals surface area contributed by atoms with Crippen molar-refractivity contribution in [2.24, 2.45) is 16.7 Å². The third-order valence-electron chi connectivity index (χ3n) is 9.10. The van der Waals surface area contributed by atoms with E-state index in [4.69, 9.17) is 4.74 Å². The van der Waals surface area contributed by atoms with Crippen LogP contribution in [0.2, 0.25) is 0 Å². The predicted molar refractivity (Wildman–Crippen MR) is 115 cm³/mol. The van der Waals surface area contributed by atoms with Crippen LogP contribution in [0.3, 0.4) is 0 Å². The minimum absolute atomic E-state index is 0.0401. The van der Waals surface area contributed by atoms with Gasteiger partial charge < -0.3 is 14.7 Å². The summed E-state index contributed by atoms with van der Waals surface area (Å²) in [4.78, 5) is 28.2. The molecule has 2 bridgehead atoms. The number of nitrogens with zero attached hydrogens (tertiary/aromatic N) is 1. The zero-order valence-electron chi connectivity index (χ0n) is 19.1. The first-order valence-electron chi connectivity index (χ1n) is 11.3. The van der Waals surface area contributed by atoms with E-state index in [1.54, 1.807) is 6.07 Å². The number of carbonyl (C=O) groups is 2. The minimum Gasteiger partial charge on any atom is -0.508 e. The maximum atomic E-state index is 13.6. The Labute approximate surface area is 179 Å². The number of phenolic OH excluding ortho intramolecular Hbond substituents is 1. The molecule has 1 N–H and O–H groups in total. The van der Waals surface area contributed by atoms with Crippen LogP contribution in [-0.2, 0) is 26.2 Å². The van der Waals surface area contributed by atoms with Crippen LogP contribution in [0.4, 0.5) is 0 Å². The van der Waals surface area contributed by atoms with Crippen molar-refractivity contribution in [3.63, 3.8) is 0 Å². The maximum absolute atomic E-state index is 13.6. The fraction of sp³-hybridized carbons (Fsp3) is 0.680. The highest BCUT2D eigenvalue weighted by atomic mass is 16.6. The van der Waals surface area contributed by atoms with Crippen LogP contribution in [0.1, 0.15) is 71.9 Å². The normalized spacial score (nSPS) is 35.0. The van der Waals surface area contributed by atoms with E-state index in [1.807, 2.05) is 31.7 Å². The molecule has 0 unspecified atom stereocenters. The summed E-state index contributed by atoms with van der Waals surface area (Å²) in [6.07, 6.45) is 1.99. The topological polar surface area (TPSA) is 66.8 Å². The molecular formula is C25H35NO4. The first-order chi connectivity index (χ1) is 13.9. The van der Waals surface area contributed by atoms with E-state index in [2.05, 4.69) is 26.8 Å². The van der Waals surface area contributed by atoms with Crippen LogP contribution in [0, 0.1) is 16.7 Å². The van der Waals surface area contributed by atoms with E-state index >= 15 is 0 Å². The quantitative estimate of drug-likeness (QED) is 0.738. The summed E-state index contributed by atoms with van der Waals surface area (Å²) < 4.78 is 5.72. The van der Waals surface area contributed by atoms with Gasteiger partial charge in [-0.3, -0.25) is 9.59 Å². The van der Waals surface area contributed by atoms with Gasteiger partial charge in [-0.1, -0.05) is 46.8 Å². The third-order valence-corrected chi connectivity index (χ3v) is 9.10. The molecule has 1 aromatic rings. The molecule has 164 valence electrons. The second-order valence-electron chi connectivity index (χ2n) is 10.9. The molecule has 2 heterocycles. The fourth-order valence-electron chi connectivity index (χ4n) is 5.93. The second-order valence-corrected chi connectivity index (χ2v) is 10.9. The van der Waals surface area contributed by atoms with E-state index in [0.717, 1.165) is 12.0 Å². The largest absolute Gasteiger partial charge is 0.508 e. The zero-order chi connectivity index (χ0) is 22.1. The highest BCUT2D eigenvalue weighted by molar-refractivity contribution is 5.87. The Hall–Kier alpha value is -2.04. The Balaban J connectivity index is 1.63. The number of benzene rings is 1. The van der Waals surface area contributed by atoms with Crippen LogP contribution in [-0.4, -0.2) is 40.6 Å². The summed E-state index contributed by atoms with van der Waals surface area (Å²) in [5.41, 5.74) is 1.35. The number of piperidine rings is 1. The molecule has 0 spiro atoms. The molecule has 1 aliphatic carbocycles. The highest BCUT2D eigenvalue weighted by Gasteiger charge is 2.58. The van der Waals surface area contributed by atoms with Crippen LogP contribution < -0.4 is 0 Å². The summed E-state index contributed by atoms with van der Waals surface area (Å²) in [6, 6.07) is 5.74. The van der Waals surface area contributed by atoms with Crippen molar-refractivity contribution in [1.82, 2.24) is 4.90 Å². The maximum Gasteiger partial charge on any atom is 0.312 e. The van der Waals surface area contributed by atoms with Gasteiger partial charge in [0.15, 0.2) is 6.10 Å². The predicted octanol–water partition coefficient (Wildman–Crippen LogP) is 4.20. The molecule has 5 heteroatoms. The van der Waals surface area contributed by atoms with Crippen LogP contribution in [0.5, 0.6) is 5.75 Å². The molecule has 2 fully saturated rings. The van der Waals surface area contributed by atoms with Crippen molar-refractivity contribution in [2.75, 3.05) is 6.54 Å².